The van der Waals surface area contributed by atoms with Crippen LogP contribution in [-0.2, 0) is 6.54 Å². The van der Waals surface area contributed by atoms with Crippen molar-refractivity contribution in [3.8, 4) is 5.75 Å². The van der Waals surface area contributed by atoms with Crippen LogP contribution in [0.2, 0.25) is 0 Å². The van der Waals surface area contributed by atoms with Crippen LogP contribution in [0, 0.1) is 0 Å². The van der Waals surface area contributed by atoms with E-state index in [0.717, 1.165) is 19.6 Å². The number of rotatable bonds is 2. The maximum Gasteiger partial charge on any atom is 0.115 e. The average molecular weight is 274 g/mol. The van der Waals surface area contributed by atoms with E-state index in [-0.39, 0.29) is 0 Å². The first-order valence-corrected chi connectivity index (χ1v) is 7.94. The first kappa shape index (κ1) is 13.9. The highest BCUT2D eigenvalue weighted by molar-refractivity contribution is 5.26. The number of aromatic hydroxyl groups is 1. The lowest BCUT2D eigenvalue weighted by Crippen LogP contribution is -2.63. The molecule has 1 unspecified atom stereocenters. The van der Waals surface area contributed by atoms with Crippen LogP contribution in [0.25, 0.3) is 0 Å². The van der Waals surface area contributed by atoms with Crippen molar-refractivity contribution in [3.05, 3.63) is 29.8 Å². The monoisotopic (exact) mass is 274 g/mol. The zero-order valence-electron chi connectivity index (χ0n) is 12.4. The molecule has 1 heterocycles. The minimum atomic E-state index is 0.353. The molecule has 0 aromatic heterocycles. The van der Waals surface area contributed by atoms with Crippen LogP contribution in [0.4, 0.5) is 0 Å². The molecule has 1 atom stereocenters. The van der Waals surface area contributed by atoms with Crippen LogP contribution in [0.5, 0.6) is 5.75 Å². The van der Waals surface area contributed by atoms with Crippen LogP contribution >= 0.6 is 0 Å². The number of hydrogen-bond acceptors (Lipinski definition) is 3. The highest BCUT2D eigenvalue weighted by Gasteiger charge is 2.38. The van der Waals surface area contributed by atoms with Gasteiger partial charge in [-0.15, -0.1) is 0 Å². The van der Waals surface area contributed by atoms with Gasteiger partial charge in [0.05, 0.1) is 0 Å². The Balaban J connectivity index is 1.69. The maximum absolute atomic E-state index is 9.39. The van der Waals surface area contributed by atoms with Gasteiger partial charge in [-0.2, -0.15) is 0 Å². The topological polar surface area (TPSA) is 35.5 Å². The van der Waals surface area contributed by atoms with Gasteiger partial charge in [-0.05, 0) is 37.5 Å². The summed E-state index contributed by atoms with van der Waals surface area (Å²) in [6.45, 7) is 5.56. The molecular formula is C17H26N2O. The third-order valence-corrected chi connectivity index (χ3v) is 5.03. The van der Waals surface area contributed by atoms with Gasteiger partial charge in [0, 0.05) is 31.2 Å². The molecule has 1 saturated heterocycles. The molecule has 2 aliphatic rings. The Morgan fingerprint density at radius 2 is 1.90 bits per heavy atom. The fraction of sp³-hybridized carbons (Fsp3) is 0.647. The van der Waals surface area contributed by atoms with E-state index in [1.165, 1.54) is 37.7 Å². The van der Waals surface area contributed by atoms with Crippen molar-refractivity contribution in [2.45, 2.75) is 57.2 Å². The van der Waals surface area contributed by atoms with Crippen molar-refractivity contribution in [1.29, 1.82) is 0 Å². The van der Waals surface area contributed by atoms with Crippen molar-refractivity contribution in [3.63, 3.8) is 0 Å². The zero-order valence-corrected chi connectivity index (χ0v) is 12.4. The van der Waals surface area contributed by atoms with Gasteiger partial charge in [-0.1, -0.05) is 31.4 Å². The summed E-state index contributed by atoms with van der Waals surface area (Å²) in [5, 5.41) is 13.2. The van der Waals surface area contributed by atoms with Crippen molar-refractivity contribution >= 4 is 0 Å². The van der Waals surface area contributed by atoms with Gasteiger partial charge in [0.2, 0.25) is 0 Å². The van der Waals surface area contributed by atoms with E-state index in [9.17, 15) is 5.11 Å². The van der Waals surface area contributed by atoms with Crippen LogP contribution < -0.4 is 5.32 Å². The number of piperazine rings is 1. The van der Waals surface area contributed by atoms with Gasteiger partial charge in [0.25, 0.3) is 0 Å². The zero-order chi connectivity index (χ0) is 14.0. The Morgan fingerprint density at radius 3 is 2.60 bits per heavy atom. The maximum atomic E-state index is 9.39. The molecule has 110 valence electrons. The van der Waals surface area contributed by atoms with Crippen LogP contribution in [0.3, 0.4) is 0 Å². The Kier molecular flexibility index (Phi) is 3.99. The smallest absolute Gasteiger partial charge is 0.115 e. The fourth-order valence-electron chi connectivity index (χ4n) is 3.70. The van der Waals surface area contributed by atoms with E-state index in [1.54, 1.807) is 12.1 Å². The van der Waals surface area contributed by atoms with Crippen molar-refractivity contribution < 1.29 is 5.11 Å². The minimum absolute atomic E-state index is 0.353. The summed E-state index contributed by atoms with van der Waals surface area (Å²) in [6.07, 6.45) is 6.79. The van der Waals surface area contributed by atoms with Crippen molar-refractivity contribution in [2.24, 2.45) is 0 Å². The van der Waals surface area contributed by atoms with Crippen molar-refractivity contribution in [2.75, 3.05) is 13.1 Å². The second-order valence-electron chi connectivity index (χ2n) is 6.64. The molecule has 1 saturated carbocycles. The number of nitrogens with one attached hydrogen (secondary N) is 1. The number of benzene rings is 1. The first-order chi connectivity index (χ1) is 9.67. The predicted octanol–water partition coefficient (Wildman–Crippen LogP) is 2.89. The minimum Gasteiger partial charge on any atom is -0.508 e. The van der Waals surface area contributed by atoms with Gasteiger partial charge in [-0.3, -0.25) is 4.90 Å². The Bertz CT molecular complexity index is 437. The molecule has 2 N–H and O–H groups in total. The number of phenolic OH excluding ortho intramolecular Hbond substituents is 1. The van der Waals surface area contributed by atoms with E-state index in [4.69, 9.17) is 0 Å². The van der Waals surface area contributed by atoms with Gasteiger partial charge in [0.15, 0.2) is 0 Å². The molecule has 0 bridgehead atoms. The highest BCUT2D eigenvalue weighted by Crippen LogP contribution is 2.32. The Labute approximate surface area is 122 Å². The largest absolute Gasteiger partial charge is 0.508 e. The molecule has 1 aliphatic carbocycles. The molecule has 2 fully saturated rings. The van der Waals surface area contributed by atoms with E-state index in [2.05, 4.69) is 17.1 Å². The van der Waals surface area contributed by atoms with Crippen LogP contribution in [0.15, 0.2) is 24.3 Å². The van der Waals surface area contributed by atoms with Crippen molar-refractivity contribution in [1.82, 2.24) is 10.2 Å². The standard InChI is InChI=1S/C17H26N2O/c1-14-11-18-17(9-3-2-4-10-17)13-19(14)12-15-5-7-16(20)8-6-15/h5-8,14,18,20H,2-4,9-13H2,1H3. The molecule has 1 aromatic carbocycles. The normalized spacial score (nSPS) is 26.8. The molecule has 3 nitrogen and oxygen atoms in total. The number of hydrogen-bond donors (Lipinski definition) is 2. The van der Waals surface area contributed by atoms with E-state index in [1.807, 2.05) is 12.1 Å². The summed E-state index contributed by atoms with van der Waals surface area (Å²) in [5.74, 6) is 0.353. The van der Waals surface area contributed by atoms with Gasteiger partial charge >= 0.3 is 0 Å². The summed E-state index contributed by atoms with van der Waals surface area (Å²) in [7, 11) is 0. The molecule has 20 heavy (non-hydrogen) atoms. The molecular weight excluding hydrogens is 248 g/mol. The average Bonchev–Trinajstić information content (AvgIpc) is 2.47. The molecule has 3 rings (SSSR count). The second kappa shape index (κ2) is 5.74. The summed E-state index contributed by atoms with van der Waals surface area (Å²) >= 11 is 0. The van der Waals surface area contributed by atoms with E-state index in [0.29, 0.717) is 17.3 Å². The number of phenols is 1. The lowest BCUT2D eigenvalue weighted by molar-refractivity contribution is 0.0573. The number of nitrogens with zero attached hydrogens (tertiary/aromatic N) is 1. The van der Waals surface area contributed by atoms with E-state index >= 15 is 0 Å². The third-order valence-electron chi connectivity index (χ3n) is 5.03. The van der Waals surface area contributed by atoms with Crippen LogP contribution in [-0.4, -0.2) is 34.7 Å². The summed E-state index contributed by atoms with van der Waals surface area (Å²) in [5.41, 5.74) is 1.66. The van der Waals surface area contributed by atoms with Gasteiger partial charge in [-0.25, -0.2) is 0 Å². The second-order valence-corrected chi connectivity index (χ2v) is 6.64. The molecule has 1 aromatic rings. The Hall–Kier alpha value is -1.06. The summed E-state index contributed by atoms with van der Waals surface area (Å²) < 4.78 is 0. The summed E-state index contributed by atoms with van der Waals surface area (Å²) in [6, 6.07) is 8.24. The van der Waals surface area contributed by atoms with Gasteiger partial charge < -0.3 is 10.4 Å². The third kappa shape index (κ3) is 2.99. The highest BCUT2D eigenvalue weighted by atomic mass is 16.3. The molecule has 1 aliphatic heterocycles. The fourth-order valence-corrected chi connectivity index (χ4v) is 3.70. The van der Waals surface area contributed by atoms with E-state index < -0.39 is 0 Å². The van der Waals surface area contributed by atoms with Crippen LogP contribution in [0.1, 0.15) is 44.6 Å². The SMILES string of the molecule is CC1CNC2(CCCCC2)CN1Cc1ccc(O)cc1. The van der Waals surface area contributed by atoms with Gasteiger partial charge in [0.1, 0.15) is 5.75 Å². The molecule has 3 heteroatoms. The predicted molar refractivity (Wildman–Crippen MR) is 81.8 cm³/mol. The lowest BCUT2D eigenvalue weighted by Gasteiger charge is -2.49. The molecule has 0 radical (unpaired) electrons. The Morgan fingerprint density at radius 1 is 1.20 bits per heavy atom. The lowest BCUT2D eigenvalue weighted by atomic mass is 9.79. The quantitative estimate of drug-likeness (QED) is 0.870. The summed E-state index contributed by atoms with van der Waals surface area (Å²) in [4.78, 5) is 2.61. The molecule has 0 amide bonds. The molecule has 1 spiro atoms. The first-order valence-electron chi connectivity index (χ1n) is 7.94.